The van der Waals surface area contributed by atoms with Crippen molar-refractivity contribution < 1.29 is 27.8 Å². The van der Waals surface area contributed by atoms with Gasteiger partial charge in [0.05, 0.1) is 18.8 Å². The number of nitrogens with one attached hydrogen (secondary N) is 2. The van der Waals surface area contributed by atoms with Gasteiger partial charge in [0.2, 0.25) is 5.91 Å². The van der Waals surface area contributed by atoms with Gasteiger partial charge in [0.1, 0.15) is 11.5 Å². The van der Waals surface area contributed by atoms with Crippen molar-refractivity contribution in [2.24, 2.45) is 0 Å². The molecule has 0 fully saturated rings. The van der Waals surface area contributed by atoms with Crippen LogP contribution in [0.4, 0.5) is 14.5 Å². The molecule has 2 N–H and O–H groups in total. The summed E-state index contributed by atoms with van der Waals surface area (Å²) >= 11 is 0. The number of likely N-dealkylation sites (N-methyl/N-ethyl adjacent to an activating group) is 1. The monoisotopic (exact) mass is 405 g/mol. The van der Waals surface area contributed by atoms with E-state index in [4.69, 9.17) is 4.74 Å². The summed E-state index contributed by atoms with van der Waals surface area (Å²) in [5.74, 6) is 0.0799. The topological polar surface area (TPSA) is 79.9 Å². The lowest BCUT2D eigenvalue weighted by molar-refractivity contribution is -0.127. The molecule has 1 heterocycles. The normalized spacial score (nSPS) is 15.3. The number of hydrogen-bond acceptors (Lipinski definition) is 5. The van der Waals surface area contributed by atoms with Crippen molar-refractivity contribution in [2.45, 2.75) is 19.3 Å². The number of benzene rings is 2. The average molecular weight is 405 g/mol. The zero-order chi connectivity index (χ0) is 20.8. The Labute approximate surface area is 166 Å². The second kappa shape index (κ2) is 9.22. The number of alkyl halides is 2. The van der Waals surface area contributed by atoms with E-state index in [1.165, 1.54) is 19.2 Å². The molecule has 1 unspecified atom stereocenters. The number of ether oxygens (including phenoxy) is 2. The van der Waals surface area contributed by atoms with Crippen LogP contribution >= 0.6 is 0 Å². The third kappa shape index (κ3) is 5.34. The Morgan fingerprint density at radius 2 is 1.93 bits per heavy atom. The van der Waals surface area contributed by atoms with Gasteiger partial charge in [-0.15, -0.1) is 0 Å². The molecular weight excluding hydrogens is 384 g/mol. The summed E-state index contributed by atoms with van der Waals surface area (Å²) in [7, 11) is 1.53. The minimum Gasteiger partial charge on any atom is -0.477 e. The van der Waals surface area contributed by atoms with E-state index in [-0.39, 0.29) is 37.2 Å². The highest BCUT2D eigenvalue weighted by Crippen LogP contribution is 2.32. The van der Waals surface area contributed by atoms with Crippen LogP contribution in [0.2, 0.25) is 0 Å². The van der Waals surface area contributed by atoms with Crippen LogP contribution in [0, 0.1) is 0 Å². The maximum absolute atomic E-state index is 12.4. The largest absolute Gasteiger partial charge is 0.477 e. The summed E-state index contributed by atoms with van der Waals surface area (Å²) in [5, 5.41) is 5.34. The maximum atomic E-state index is 12.4. The van der Waals surface area contributed by atoms with Crippen LogP contribution < -0.4 is 25.0 Å². The quantitative estimate of drug-likeness (QED) is 0.736. The van der Waals surface area contributed by atoms with Crippen molar-refractivity contribution in [3.63, 3.8) is 0 Å². The van der Waals surface area contributed by atoms with Crippen LogP contribution in [-0.2, 0) is 16.1 Å². The van der Waals surface area contributed by atoms with E-state index in [0.717, 1.165) is 11.3 Å². The van der Waals surface area contributed by atoms with E-state index in [1.807, 2.05) is 12.1 Å². The lowest BCUT2D eigenvalue weighted by Crippen LogP contribution is -2.50. The highest BCUT2D eigenvalue weighted by Gasteiger charge is 2.30. The molecule has 1 aliphatic heterocycles. The molecule has 0 bridgehead atoms. The number of halogens is 2. The van der Waals surface area contributed by atoms with E-state index in [0.29, 0.717) is 5.75 Å². The number of hydrogen-bond donors (Lipinski definition) is 2. The first kappa shape index (κ1) is 20.4. The minimum absolute atomic E-state index is 0.0421. The number of carbonyl (C=O) groups excluding carboxylic acids is 2. The predicted octanol–water partition coefficient (Wildman–Crippen LogP) is 1.92. The molecule has 0 saturated carbocycles. The molecule has 0 saturated heterocycles. The Morgan fingerprint density at radius 1 is 1.21 bits per heavy atom. The van der Waals surface area contributed by atoms with E-state index < -0.39 is 12.7 Å². The lowest BCUT2D eigenvalue weighted by atomic mass is 10.1. The second-order valence-corrected chi connectivity index (χ2v) is 6.37. The summed E-state index contributed by atoms with van der Waals surface area (Å²) in [5.41, 5.74) is 1.47. The molecule has 29 heavy (non-hydrogen) atoms. The van der Waals surface area contributed by atoms with Gasteiger partial charge in [0.25, 0.3) is 5.91 Å². The van der Waals surface area contributed by atoms with Crippen molar-refractivity contribution in [3.05, 3.63) is 54.1 Å². The summed E-state index contributed by atoms with van der Waals surface area (Å²) in [6, 6.07) is 13.2. The van der Waals surface area contributed by atoms with Crippen molar-refractivity contribution in [1.29, 1.82) is 0 Å². The number of anilines is 1. The number of para-hydroxylation sites is 2. The Morgan fingerprint density at radius 3 is 2.62 bits per heavy atom. The van der Waals surface area contributed by atoms with Gasteiger partial charge in [-0.3, -0.25) is 9.59 Å². The molecule has 0 spiro atoms. The van der Waals surface area contributed by atoms with Gasteiger partial charge in [0.15, 0.2) is 6.10 Å². The predicted molar refractivity (Wildman–Crippen MR) is 102 cm³/mol. The molecule has 2 amide bonds. The molecule has 1 atom stereocenters. The van der Waals surface area contributed by atoms with Crippen molar-refractivity contribution >= 4 is 17.5 Å². The van der Waals surface area contributed by atoms with Crippen LogP contribution in [0.15, 0.2) is 48.5 Å². The molecular formula is C20H21F2N3O4. The molecule has 0 aliphatic carbocycles. The van der Waals surface area contributed by atoms with E-state index in [9.17, 15) is 18.4 Å². The third-order valence-corrected chi connectivity index (χ3v) is 4.37. The Kier molecular flexibility index (Phi) is 6.48. The fraction of sp³-hybridized carbons (Fsp3) is 0.300. The van der Waals surface area contributed by atoms with E-state index >= 15 is 0 Å². The summed E-state index contributed by atoms with van der Waals surface area (Å²) in [6.45, 7) is -2.36. The van der Waals surface area contributed by atoms with Gasteiger partial charge in [-0.05, 0) is 29.8 Å². The fourth-order valence-electron chi connectivity index (χ4n) is 2.97. The van der Waals surface area contributed by atoms with Gasteiger partial charge in [-0.25, -0.2) is 0 Å². The highest BCUT2D eigenvalue weighted by atomic mass is 19.3. The van der Waals surface area contributed by atoms with Crippen LogP contribution in [0.1, 0.15) is 5.56 Å². The van der Waals surface area contributed by atoms with Crippen molar-refractivity contribution in [3.8, 4) is 11.5 Å². The Balaban J connectivity index is 1.60. The zero-order valence-electron chi connectivity index (χ0n) is 15.7. The van der Waals surface area contributed by atoms with Crippen LogP contribution in [0.25, 0.3) is 0 Å². The van der Waals surface area contributed by atoms with Gasteiger partial charge in [0, 0.05) is 13.6 Å². The minimum atomic E-state index is -2.88. The Bertz CT molecular complexity index is 861. The van der Waals surface area contributed by atoms with Crippen molar-refractivity contribution in [2.75, 3.05) is 25.0 Å². The fourth-order valence-corrected chi connectivity index (χ4v) is 2.97. The summed E-state index contributed by atoms with van der Waals surface area (Å²) < 4.78 is 34.4. The standard InChI is InChI=1S/C20H21F2N3O4/c1-23-19(27)17-11-25(15-4-2-3-5-16(15)29-17)12-18(26)24-10-13-6-8-14(9-7-13)28-20(21)22/h2-9,17,20H,10-12H2,1H3,(H,23,27)(H,24,26). The number of carbonyl (C=O) groups is 2. The van der Waals surface area contributed by atoms with Gasteiger partial charge < -0.3 is 25.0 Å². The summed E-state index contributed by atoms with van der Waals surface area (Å²) in [4.78, 5) is 26.2. The molecule has 2 aromatic carbocycles. The Hall–Kier alpha value is -3.36. The molecule has 1 aliphatic rings. The maximum Gasteiger partial charge on any atom is 0.387 e. The van der Waals surface area contributed by atoms with Crippen molar-refractivity contribution in [1.82, 2.24) is 10.6 Å². The zero-order valence-corrected chi connectivity index (χ0v) is 15.7. The van der Waals surface area contributed by atoms with Crippen LogP contribution in [-0.4, -0.2) is 44.7 Å². The first-order chi connectivity index (χ1) is 14.0. The first-order valence-corrected chi connectivity index (χ1v) is 8.99. The number of amides is 2. The molecule has 0 aromatic heterocycles. The number of fused-ring (bicyclic) bond motifs is 1. The third-order valence-electron chi connectivity index (χ3n) is 4.37. The van der Waals surface area contributed by atoms with Gasteiger partial charge in [-0.2, -0.15) is 8.78 Å². The number of rotatable bonds is 7. The summed E-state index contributed by atoms with van der Waals surface area (Å²) in [6.07, 6.45) is -0.718. The van der Waals surface area contributed by atoms with E-state index in [2.05, 4.69) is 15.4 Å². The second-order valence-electron chi connectivity index (χ2n) is 6.37. The molecule has 0 radical (unpaired) electrons. The van der Waals surface area contributed by atoms with Gasteiger partial charge >= 0.3 is 6.61 Å². The molecule has 2 aromatic rings. The average Bonchev–Trinajstić information content (AvgIpc) is 2.72. The first-order valence-electron chi connectivity index (χ1n) is 8.99. The van der Waals surface area contributed by atoms with Crippen LogP contribution in [0.3, 0.4) is 0 Å². The highest BCUT2D eigenvalue weighted by molar-refractivity contribution is 5.86. The van der Waals surface area contributed by atoms with E-state index in [1.54, 1.807) is 29.2 Å². The molecule has 154 valence electrons. The molecule has 9 heteroatoms. The number of nitrogens with zero attached hydrogens (tertiary/aromatic N) is 1. The smallest absolute Gasteiger partial charge is 0.387 e. The molecule has 7 nitrogen and oxygen atoms in total. The molecule has 3 rings (SSSR count). The van der Waals surface area contributed by atoms with Gasteiger partial charge in [-0.1, -0.05) is 24.3 Å². The van der Waals surface area contributed by atoms with Crippen LogP contribution in [0.5, 0.6) is 11.5 Å². The lowest BCUT2D eigenvalue weighted by Gasteiger charge is -2.35. The SMILES string of the molecule is CNC(=O)C1CN(CC(=O)NCc2ccc(OC(F)F)cc2)c2ccccc2O1.